The molecule has 0 amide bonds. The highest BCUT2D eigenvalue weighted by Crippen LogP contribution is 2.27. The SMILES string of the molecule is Nc1ccc(S(=O)(=O)N2CC(O)C(O)C2)cc1Br. The van der Waals surface area contributed by atoms with Crippen LogP contribution in [-0.4, -0.2) is 48.2 Å². The summed E-state index contributed by atoms with van der Waals surface area (Å²) < 4.78 is 26.0. The first-order chi connectivity index (χ1) is 8.32. The second kappa shape index (κ2) is 4.78. The molecule has 1 aromatic rings. The summed E-state index contributed by atoms with van der Waals surface area (Å²) in [5, 5.41) is 18.8. The van der Waals surface area contributed by atoms with Crippen molar-refractivity contribution in [3.05, 3.63) is 22.7 Å². The Bertz CT molecular complexity index is 553. The van der Waals surface area contributed by atoms with Gasteiger partial charge in [-0.05, 0) is 34.1 Å². The molecular formula is C10H13BrN2O4S. The zero-order chi connectivity index (χ0) is 13.5. The Balaban J connectivity index is 2.34. The quantitative estimate of drug-likeness (QED) is 0.646. The molecule has 2 rings (SSSR count). The fourth-order valence-electron chi connectivity index (χ4n) is 1.75. The van der Waals surface area contributed by atoms with Gasteiger partial charge in [0.25, 0.3) is 0 Å². The molecule has 1 fully saturated rings. The number of hydrogen-bond donors (Lipinski definition) is 3. The van der Waals surface area contributed by atoms with Crippen LogP contribution < -0.4 is 5.73 Å². The number of hydrogen-bond acceptors (Lipinski definition) is 5. The van der Waals surface area contributed by atoms with E-state index in [0.29, 0.717) is 10.2 Å². The minimum absolute atomic E-state index is 0.0740. The van der Waals surface area contributed by atoms with Crippen LogP contribution in [0.1, 0.15) is 0 Å². The number of benzene rings is 1. The van der Waals surface area contributed by atoms with Crippen LogP contribution in [0.15, 0.2) is 27.6 Å². The Labute approximate surface area is 113 Å². The Morgan fingerprint density at radius 2 is 1.83 bits per heavy atom. The number of halogens is 1. The van der Waals surface area contributed by atoms with Crippen LogP contribution in [0.4, 0.5) is 5.69 Å². The number of nitrogen functional groups attached to an aromatic ring is 1. The zero-order valence-corrected chi connectivity index (χ0v) is 11.7. The van der Waals surface area contributed by atoms with Gasteiger partial charge in [-0.1, -0.05) is 0 Å². The number of nitrogens with zero attached hydrogens (tertiary/aromatic N) is 1. The van der Waals surface area contributed by atoms with Gasteiger partial charge in [0.05, 0.1) is 17.1 Å². The Hall–Kier alpha value is -0.670. The molecule has 0 aromatic heterocycles. The number of sulfonamides is 1. The van der Waals surface area contributed by atoms with E-state index in [1.807, 2.05) is 0 Å². The lowest BCUT2D eigenvalue weighted by atomic mass is 10.3. The molecule has 2 unspecified atom stereocenters. The summed E-state index contributed by atoms with van der Waals surface area (Å²) in [5.74, 6) is 0. The normalized spacial score (nSPS) is 25.5. The van der Waals surface area contributed by atoms with Gasteiger partial charge in [0.2, 0.25) is 10.0 Å². The van der Waals surface area contributed by atoms with Crippen LogP contribution in [0.5, 0.6) is 0 Å². The first-order valence-corrected chi connectivity index (χ1v) is 7.47. The van der Waals surface area contributed by atoms with E-state index in [9.17, 15) is 18.6 Å². The summed E-state index contributed by atoms with van der Waals surface area (Å²) in [6.07, 6.45) is -2.09. The highest BCUT2D eigenvalue weighted by atomic mass is 79.9. The lowest BCUT2D eigenvalue weighted by Gasteiger charge is -2.16. The minimum atomic E-state index is -3.72. The molecule has 0 aliphatic carbocycles. The van der Waals surface area contributed by atoms with Gasteiger partial charge in [0, 0.05) is 23.2 Å². The Morgan fingerprint density at radius 1 is 1.28 bits per heavy atom. The van der Waals surface area contributed by atoms with Gasteiger partial charge in [0.15, 0.2) is 0 Å². The van der Waals surface area contributed by atoms with E-state index in [-0.39, 0.29) is 18.0 Å². The van der Waals surface area contributed by atoms with Crippen molar-refractivity contribution in [2.75, 3.05) is 18.8 Å². The predicted octanol–water partition coefficient (Wildman–Crippen LogP) is -0.243. The van der Waals surface area contributed by atoms with E-state index in [4.69, 9.17) is 5.73 Å². The summed E-state index contributed by atoms with van der Waals surface area (Å²) in [4.78, 5) is 0.0740. The number of aliphatic hydroxyl groups excluding tert-OH is 2. The molecule has 1 heterocycles. The van der Waals surface area contributed by atoms with E-state index in [2.05, 4.69) is 15.9 Å². The molecule has 100 valence electrons. The average Bonchev–Trinajstić information content (AvgIpc) is 2.64. The molecule has 8 heteroatoms. The van der Waals surface area contributed by atoms with Crippen LogP contribution in [0.3, 0.4) is 0 Å². The molecule has 0 spiro atoms. The monoisotopic (exact) mass is 336 g/mol. The Morgan fingerprint density at radius 3 is 2.33 bits per heavy atom. The molecule has 1 aliphatic heterocycles. The molecule has 1 aliphatic rings. The van der Waals surface area contributed by atoms with Crippen LogP contribution in [-0.2, 0) is 10.0 Å². The predicted molar refractivity (Wildman–Crippen MR) is 69.3 cm³/mol. The fourth-order valence-corrected chi connectivity index (χ4v) is 3.78. The molecule has 0 bridgehead atoms. The van der Waals surface area contributed by atoms with Crippen LogP contribution in [0, 0.1) is 0 Å². The first-order valence-electron chi connectivity index (χ1n) is 5.23. The van der Waals surface area contributed by atoms with Gasteiger partial charge < -0.3 is 15.9 Å². The summed E-state index contributed by atoms with van der Waals surface area (Å²) in [6, 6.07) is 4.29. The maximum Gasteiger partial charge on any atom is 0.243 e. The van der Waals surface area contributed by atoms with Gasteiger partial charge in [-0.15, -0.1) is 0 Å². The van der Waals surface area contributed by atoms with E-state index in [1.54, 1.807) is 0 Å². The van der Waals surface area contributed by atoms with Gasteiger partial charge in [-0.2, -0.15) is 4.31 Å². The van der Waals surface area contributed by atoms with Gasteiger partial charge in [0.1, 0.15) is 0 Å². The summed E-state index contributed by atoms with van der Waals surface area (Å²) in [6.45, 7) is -0.211. The van der Waals surface area contributed by atoms with Crippen LogP contribution >= 0.6 is 15.9 Å². The summed E-state index contributed by atoms with van der Waals surface area (Å²) >= 11 is 3.16. The minimum Gasteiger partial charge on any atom is -0.398 e. The lowest BCUT2D eigenvalue weighted by Crippen LogP contribution is -2.30. The van der Waals surface area contributed by atoms with Crippen LogP contribution in [0.2, 0.25) is 0 Å². The lowest BCUT2D eigenvalue weighted by molar-refractivity contribution is 0.0572. The number of rotatable bonds is 2. The van der Waals surface area contributed by atoms with Crippen molar-refractivity contribution >= 4 is 31.6 Å². The molecule has 2 atom stereocenters. The number of nitrogens with two attached hydrogens (primary N) is 1. The van der Waals surface area contributed by atoms with E-state index >= 15 is 0 Å². The standard InChI is InChI=1S/C10H13BrN2O4S/c11-7-3-6(1-2-8(7)12)18(16,17)13-4-9(14)10(15)5-13/h1-3,9-10,14-15H,4-5,12H2. The van der Waals surface area contributed by atoms with E-state index in [0.717, 1.165) is 4.31 Å². The highest BCUT2D eigenvalue weighted by molar-refractivity contribution is 9.10. The van der Waals surface area contributed by atoms with Crippen molar-refractivity contribution in [2.24, 2.45) is 0 Å². The number of aliphatic hydroxyl groups is 2. The molecule has 0 radical (unpaired) electrons. The van der Waals surface area contributed by atoms with Crippen molar-refractivity contribution < 1.29 is 18.6 Å². The number of anilines is 1. The maximum atomic E-state index is 12.2. The molecule has 4 N–H and O–H groups in total. The summed E-state index contributed by atoms with van der Waals surface area (Å²) in [5.41, 5.74) is 6.03. The number of β-amino-alcohol motifs (C(OH)–C–C–N with tert-alkyl or cyclic N) is 2. The largest absolute Gasteiger partial charge is 0.398 e. The molecule has 1 saturated heterocycles. The van der Waals surface area contributed by atoms with Crippen molar-refractivity contribution in [1.82, 2.24) is 4.31 Å². The smallest absolute Gasteiger partial charge is 0.243 e. The molecular weight excluding hydrogens is 324 g/mol. The third-order valence-corrected chi connectivity index (χ3v) is 5.35. The second-order valence-electron chi connectivity index (χ2n) is 4.14. The van der Waals surface area contributed by atoms with Crippen LogP contribution in [0.25, 0.3) is 0 Å². The van der Waals surface area contributed by atoms with Gasteiger partial charge in [-0.3, -0.25) is 0 Å². The van der Waals surface area contributed by atoms with Gasteiger partial charge >= 0.3 is 0 Å². The zero-order valence-electron chi connectivity index (χ0n) is 9.32. The molecule has 18 heavy (non-hydrogen) atoms. The van der Waals surface area contributed by atoms with Gasteiger partial charge in [-0.25, -0.2) is 8.42 Å². The van der Waals surface area contributed by atoms with Crippen molar-refractivity contribution in [3.8, 4) is 0 Å². The third kappa shape index (κ3) is 2.39. The highest BCUT2D eigenvalue weighted by Gasteiger charge is 2.37. The third-order valence-electron chi connectivity index (χ3n) is 2.84. The fraction of sp³-hybridized carbons (Fsp3) is 0.400. The van der Waals surface area contributed by atoms with Crippen molar-refractivity contribution in [2.45, 2.75) is 17.1 Å². The topological polar surface area (TPSA) is 104 Å². The second-order valence-corrected chi connectivity index (χ2v) is 6.93. The van der Waals surface area contributed by atoms with E-state index < -0.39 is 22.2 Å². The van der Waals surface area contributed by atoms with E-state index in [1.165, 1.54) is 18.2 Å². The Kier molecular flexibility index (Phi) is 3.65. The van der Waals surface area contributed by atoms with Crippen molar-refractivity contribution in [1.29, 1.82) is 0 Å². The molecule has 6 nitrogen and oxygen atoms in total. The first kappa shape index (κ1) is 13.8. The molecule has 0 saturated carbocycles. The average molecular weight is 337 g/mol. The summed E-state index contributed by atoms with van der Waals surface area (Å²) in [7, 11) is -3.72. The maximum absolute atomic E-state index is 12.2. The molecule has 1 aromatic carbocycles. The van der Waals surface area contributed by atoms with Crippen molar-refractivity contribution in [3.63, 3.8) is 0 Å².